The molecule has 6 heteroatoms. The van der Waals surface area contributed by atoms with E-state index in [1.165, 1.54) is 6.39 Å². The second-order valence-corrected chi connectivity index (χ2v) is 4.52. The van der Waals surface area contributed by atoms with E-state index in [0.29, 0.717) is 5.82 Å². The Bertz CT molecular complexity index is 485. The first-order valence-electron chi connectivity index (χ1n) is 5.10. The molecule has 0 aliphatic rings. The minimum absolute atomic E-state index is 0.0941. The molecule has 2 N–H and O–H groups in total. The molecular formula is C11H12BrN3O2. The van der Waals surface area contributed by atoms with Gasteiger partial charge in [0.1, 0.15) is 5.75 Å². The van der Waals surface area contributed by atoms with E-state index >= 15 is 0 Å². The van der Waals surface area contributed by atoms with Gasteiger partial charge in [0, 0.05) is 16.1 Å². The first-order chi connectivity index (χ1) is 8.16. The Hall–Kier alpha value is -1.40. The Morgan fingerprint density at radius 1 is 1.53 bits per heavy atom. The van der Waals surface area contributed by atoms with Gasteiger partial charge in [0.2, 0.25) is 12.2 Å². The van der Waals surface area contributed by atoms with Crippen molar-refractivity contribution in [2.45, 2.75) is 19.6 Å². The van der Waals surface area contributed by atoms with Crippen LogP contribution in [0, 0.1) is 0 Å². The zero-order valence-corrected chi connectivity index (χ0v) is 10.8. The Labute approximate surface area is 107 Å². The van der Waals surface area contributed by atoms with E-state index in [1.54, 1.807) is 0 Å². The third kappa shape index (κ3) is 3.04. The predicted octanol–water partition coefficient (Wildman–Crippen LogP) is 2.43. The van der Waals surface area contributed by atoms with Crippen molar-refractivity contribution in [3.63, 3.8) is 0 Å². The van der Waals surface area contributed by atoms with Crippen molar-refractivity contribution in [2.75, 3.05) is 0 Å². The lowest BCUT2D eigenvalue weighted by atomic mass is 10.1. The second-order valence-electron chi connectivity index (χ2n) is 3.61. The fraction of sp³-hybridized carbons (Fsp3) is 0.273. The molecule has 0 spiro atoms. The highest BCUT2D eigenvalue weighted by Gasteiger charge is 2.10. The van der Waals surface area contributed by atoms with Gasteiger partial charge in [-0.2, -0.15) is 4.98 Å². The van der Waals surface area contributed by atoms with E-state index in [-0.39, 0.29) is 12.6 Å². The fourth-order valence-corrected chi connectivity index (χ4v) is 1.75. The van der Waals surface area contributed by atoms with Crippen LogP contribution >= 0.6 is 15.9 Å². The molecular weight excluding hydrogens is 286 g/mol. The highest BCUT2D eigenvalue weighted by Crippen LogP contribution is 2.28. The number of nitrogens with zero attached hydrogens (tertiary/aromatic N) is 2. The van der Waals surface area contributed by atoms with Crippen LogP contribution in [-0.4, -0.2) is 10.1 Å². The molecule has 0 saturated heterocycles. The molecule has 0 aliphatic heterocycles. The van der Waals surface area contributed by atoms with Crippen molar-refractivity contribution in [1.29, 1.82) is 0 Å². The van der Waals surface area contributed by atoms with Crippen molar-refractivity contribution in [3.8, 4) is 5.75 Å². The summed E-state index contributed by atoms with van der Waals surface area (Å²) in [5.41, 5.74) is 6.81. The fourth-order valence-electron chi connectivity index (χ4n) is 1.41. The molecule has 5 nitrogen and oxygen atoms in total. The number of aromatic nitrogens is 2. The van der Waals surface area contributed by atoms with Crippen LogP contribution in [0.2, 0.25) is 0 Å². The molecule has 0 fully saturated rings. The van der Waals surface area contributed by atoms with Crippen LogP contribution < -0.4 is 10.5 Å². The van der Waals surface area contributed by atoms with Crippen LogP contribution in [0.1, 0.15) is 24.4 Å². The minimum Gasteiger partial charge on any atom is -0.485 e. The summed E-state index contributed by atoms with van der Waals surface area (Å²) in [6, 6.07) is 5.64. The van der Waals surface area contributed by atoms with Gasteiger partial charge in [-0.1, -0.05) is 27.2 Å². The Balaban J connectivity index is 2.16. The van der Waals surface area contributed by atoms with Crippen molar-refractivity contribution in [2.24, 2.45) is 5.73 Å². The molecule has 0 saturated carbocycles. The van der Waals surface area contributed by atoms with Crippen molar-refractivity contribution in [3.05, 3.63) is 40.5 Å². The Morgan fingerprint density at radius 2 is 2.35 bits per heavy atom. The van der Waals surface area contributed by atoms with Crippen LogP contribution in [0.15, 0.2) is 33.6 Å². The third-order valence-corrected chi connectivity index (χ3v) is 2.72. The molecule has 90 valence electrons. The van der Waals surface area contributed by atoms with E-state index in [4.69, 9.17) is 10.5 Å². The van der Waals surface area contributed by atoms with Gasteiger partial charge in [-0.05, 0) is 19.1 Å². The maximum Gasteiger partial charge on any atom is 0.213 e. The number of rotatable bonds is 4. The number of halogens is 1. The van der Waals surface area contributed by atoms with E-state index in [9.17, 15) is 0 Å². The normalized spacial score (nSPS) is 12.4. The van der Waals surface area contributed by atoms with Gasteiger partial charge in [-0.3, -0.25) is 0 Å². The van der Waals surface area contributed by atoms with Gasteiger partial charge in [0.05, 0.1) is 0 Å². The zero-order chi connectivity index (χ0) is 12.3. The summed E-state index contributed by atoms with van der Waals surface area (Å²) in [5, 5.41) is 3.67. The van der Waals surface area contributed by atoms with E-state index < -0.39 is 0 Å². The summed E-state index contributed by atoms with van der Waals surface area (Å²) in [4.78, 5) is 3.88. The highest BCUT2D eigenvalue weighted by molar-refractivity contribution is 9.10. The summed E-state index contributed by atoms with van der Waals surface area (Å²) in [5.74, 6) is 1.22. The van der Waals surface area contributed by atoms with Gasteiger partial charge >= 0.3 is 0 Å². The lowest BCUT2D eigenvalue weighted by Gasteiger charge is -2.13. The largest absolute Gasteiger partial charge is 0.485 e. The minimum atomic E-state index is -0.0941. The lowest BCUT2D eigenvalue weighted by molar-refractivity contribution is 0.282. The van der Waals surface area contributed by atoms with Crippen LogP contribution in [0.5, 0.6) is 5.75 Å². The van der Waals surface area contributed by atoms with Crippen LogP contribution in [0.4, 0.5) is 0 Å². The summed E-state index contributed by atoms with van der Waals surface area (Å²) in [6.07, 6.45) is 1.27. The van der Waals surface area contributed by atoms with E-state index in [2.05, 4.69) is 30.6 Å². The van der Waals surface area contributed by atoms with Crippen molar-refractivity contribution >= 4 is 15.9 Å². The molecule has 2 rings (SSSR count). The van der Waals surface area contributed by atoms with Crippen molar-refractivity contribution in [1.82, 2.24) is 10.1 Å². The predicted molar refractivity (Wildman–Crippen MR) is 65.4 cm³/mol. The van der Waals surface area contributed by atoms with Crippen LogP contribution in [0.25, 0.3) is 0 Å². The first-order valence-corrected chi connectivity index (χ1v) is 5.89. The molecule has 1 atom stereocenters. The van der Waals surface area contributed by atoms with Gasteiger partial charge in [0.15, 0.2) is 6.61 Å². The van der Waals surface area contributed by atoms with Crippen molar-refractivity contribution < 1.29 is 9.26 Å². The standard InChI is InChI=1S/C11H12BrN3O2/c1-7(13)9-3-2-8(12)4-10(9)16-5-11-14-6-17-15-11/h2-4,6-7H,5,13H2,1H3/t7-/m0/s1. The molecule has 0 unspecified atom stereocenters. The molecule has 1 heterocycles. The number of hydrogen-bond acceptors (Lipinski definition) is 5. The third-order valence-electron chi connectivity index (χ3n) is 2.23. The Kier molecular flexibility index (Phi) is 3.75. The lowest BCUT2D eigenvalue weighted by Crippen LogP contribution is -2.08. The first kappa shape index (κ1) is 12.1. The Morgan fingerprint density at radius 3 is 3.00 bits per heavy atom. The molecule has 1 aromatic heterocycles. The highest BCUT2D eigenvalue weighted by atomic mass is 79.9. The summed E-state index contributed by atoms with van der Waals surface area (Å²) in [6.45, 7) is 2.16. The number of hydrogen-bond donors (Lipinski definition) is 1. The average molecular weight is 298 g/mol. The maximum absolute atomic E-state index is 5.87. The van der Waals surface area contributed by atoms with Gasteiger partial charge < -0.3 is 15.0 Å². The van der Waals surface area contributed by atoms with Gasteiger partial charge in [-0.25, -0.2) is 0 Å². The van der Waals surface area contributed by atoms with Crippen LogP contribution in [0.3, 0.4) is 0 Å². The molecule has 0 aliphatic carbocycles. The molecule has 0 bridgehead atoms. The summed E-state index contributed by atoms with van der Waals surface area (Å²) in [7, 11) is 0. The molecule has 0 amide bonds. The smallest absolute Gasteiger partial charge is 0.213 e. The quantitative estimate of drug-likeness (QED) is 0.938. The maximum atomic E-state index is 5.87. The molecule has 17 heavy (non-hydrogen) atoms. The summed E-state index contributed by atoms with van der Waals surface area (Å²) < 4.78 is 11.2. The van der Waals surface area contributed by atoms with E-state index in [1.807, 2.05) is 25.1 Å². The monoisotopic (exact) mass is 297 g/mol. The summed E-state index contributed by atoms with van der Waals surface area (Å²) >= 11 is 3.39. The topological polar surface area (TPSA) is 74.2 Å². The number of benzene rings is 1. The van der Waals surface area contributed by atoms with Crippen LogP contribution in [-0.2, 0) is 6.61 Å². The zero-order valence-electron chi connectivity index (χ0n) is 9.26. The number of ether oxygens (including phenoxy) is 1. The number of nitrogens with two attached hydrogens (primary N) is 1. The van der Waals surface area contributed by atoms with Gasteiger partial charge in [-0.15, -0.1) is 0 Å². The second kappa shape index (κ2) is 5.29. The molecule has 1 aromatic carbocycles. The molecule has 2 aromatic rings. The SMILES string of the molecule is C[C@H](N)c1ccc(Br)cc1OCc1ncon1. The average Bonchev–Trinajstić information content (AvgIpc) is 2.78. The van der Waals surface area contributed by atoms with E-state index in [0.717, 1.165) is 15.8 Å². The van der Waals surface area contributed by atoms with Gasteiger partial charge in [0.25, 0.3) is 0 Å². The molecule has 0 radical (unpaired) electrons.